The fourth-order valence-electron chi connectivity index (χ4n) is 3.97. The number of amides is 4. The van der Waals surface area contributed by atoms with Crippen molar-refractivity contribution < 1.29 is 28.6 Å². The van der Waals surface area contributed by atoms with Crippen LogP contribution in [0.3, 0.4) is 0 Å². The van der Waals surface area contributed by atoms with Gasteiger partial charge >= 0.3 is 18.0 Å². The molecule has 0 bridgehead atoms. The maximum Gasteiger partial charge on any atom is 0.337 e. The molecule has 1 unspecified atom stereocenters. The zero-order valence-electron chi connectivity index (χ0n) is 21.1. The Morgan fingerprint density at radius 2 is 1.83 bits per heavy atom. The quantitative estimate of drug-likeness (QED) is 0.435. The fourth-order valence-corrected chi connectivity index (χ4v) is 3.97. The van der Waals surface area contributed by atoms with Crippen LogP contribution in [0, 0.1) is 0 Å². The maximum atomic E-state index is 12.9. The number of ether oxygens (including phenoxy) is 3. The normalized spacial score (nSPS) is 15.2. The third-order valence-corrected chi connectivity index (χ3v) is 5.87. The summed E-state index contributed by atoms with van der Waals surface area (Å²) in [6.07, 6.45) is 1.71. The van der Waals surface area contributed by atoms with Crippen molar-refractivity contribution in [1.82, 2.24) is 10.2 Å². The van der Waals surface area contributed by atoms with Crippen molar-refractivity contribution in [3.63, 3.8) is 0 Å². The molecular weight excluding hydrogens is 464 g/mol. The van der Waals surface area contributed by atoms with Crippen LogP contribution >= 0.6 is 0 Å². The molecule has 10 nitrogen and oxygen atoms in total. The lowest BCUT2D eigenvalue weighted by molar-refractivity contribution is -0.136. The Morgan fingerprint density at radius 1 is 1.06 bits per heavy atom. The second-order valence-corrected chi connectivity index (χ2v) is 8.15. The summed E-state index contributed by atoms with van der Waals surface area (Å²) in [7, 11) is 4.35. The Morgan fingerprint density at radius 3 is 2.50 bits per heavy atom. The largest absolute Gasteiger partial charge is 0.497 e. The molecule has 1 heterocycles. The molecule has 0 aromatic heterocycles. The average molecular weight is 497 g/mol. The highest BCUT2D eigenvalue weighted by atomic mass is 16.5. The summed E-state index contributed by atoms with van der Waals surface area (Å²) in [5, 5.41) is 8.43. The summed E-state index contributed by atoms with van der Waals surface area (Å²) >= 11 is 0. The van der Waals surface area contributed by atoms with Gasteiger partial charge in [-0.3, -0.25) is 4.90 Å². The molecular formula is C26H32N4O6. The highest BCUT2D eigenvalue weighted by molar-refractivity contribution is 6.01. The zero-order valence-corrected chi connectivity index (χ0v) is 21.1. The minimum absolute atomic E-state index is 0.290. The first-order valence-corrected chi connectivity index (χ1v) is 11.6. The van der Waals surface area contributed by atoms with Gasteiger partial charge in [0.05, 0.1) is 38.6 Å². The summed E-state index contributed by atoms with van der Waals surface area (Å²) in [4.78, 5) is 39.8. The molecule has 4 amide bonds. The van der Waals surface area contributed by atoms with E-state index in [9.17, 15) is 14.4 Å². The van der Waals surface area contributed by atoms with Gasteiger partial charge in [0.25, 0.3) is 0 Å². The number of urea groups is 2. The summed E-state index contributed by atoms with van der Waals surface area (Å²) in [6.45, 7) is 4.27. The SMILES string of the molecule is CCCCN1C(=O)NC(c2cccc(NC(=O)Nc3ccc(OC)cc3OC)c2)C(C(=O)OC)=C1C. The topological polar surface area (TPSA) is 118 Å². The number of anilines is 2. The average Bonchev–Trinajstić information content (AvgIpc) is 2.88. The van der Waals surface area contributed by atoms with Crippen LogP contribution in [0.2, 0.25) is 0 Å². The van der Waals surface area contributed by atoms with Crippen LogP contribution < -0.4 is 25.4 Å². The van der Waals surface area contributed by atoms with Crippen LogP contribution in [0.15, 0.2) is 53.7 Å². The van der Waals surface area contributed by atoms with E-state index in [4.69, 9.17) is 14.2 Å². The monoisotopic (exact) mass is 496 g/mol. The van der Waals surface area contributed by atoms with Gasteiger partial charge in [0, 0.05) is 24.0 Å². The van der Waals surface area contributed by atoms with Gasteiger partial charge in [-0.2, -0.15) is 0 Å². The molecule has 0 aliphatic carbocycles. The molecule has 3 rings (SSSR count). The van der Waals surface area contributed by atoms with Crippen LogP contribution in [0.5, 0.6) is 11.5 Å². The first-order chi connectivity index (χ1) is 17.3. The Labute approximate surface area is 210 Å². The fraction of sp³-hybridized carbons (Fsp3) is 0.346. The molecule has 0 radical (unpaired) electrons. The molecule has 10 heteroatoms. The van der Waals surface area contributed by atoms with Crippen molar-refractivity contribution in [3.05, 3.63) is 59.3 Å². The standard InChI is InChI=1S/C26H32N4O6/c1-6-7-13-30-16(2)22(24(31)36-5)23(29-26(30)33)17-9-8-10-18(14-17)27-25(32)28-20-12-11-19(34-3)15-21(20)35-4/h8-12,14-15,23H,6-7,13H2,1-5H3,(H,29,33)(H2,27,28,32). The van der Waals surface area contributed by atoms with Crippen LogP contribution in [0.4, 0.5) is 21.0 Å². The predicted octanol–water partition coefficient (Wildman–Crippen LogP) is 4.66. The lowest BCUT2D eigenvalue weighted by Gasteiger charge is -2.35. The van der Waals surface area contributed by atoms with Crippen LogP contribution in [-0.4, -0.2) is 50.8 Å². The number of allylic oxidation sites excluding steroid dienone is 1. The van der Waals surface area contributed by atoms with Crippen molar-refractivity contribution in [2.45, 2.75) is 32.7 Å². The van der Waals surface area contributed by atoms with E-state index < -0.39 is 18.0 Å². The number of carbonyl (C=O) groups is 3. The van der Waals surface area contributed by atoms with E-state index >= 15 is 0 Å². The molecule has 0 saturated heterocycles. The number of hydrogen-bond donors (Lipinski definition) is 3. The van der Waals surface area contributed by atoms with Crippen LogP contribution in [0.25, 0.3) is 0 Å². The van der Waals surface area contributed by atoms with Crippen LogP contribution in [-0.2, 0) is 9.53 Å². The van der Waals surface area contributed by atoms with Gasteiger partial charge in [-0.1, -0.05) is 25.5 Å². The van der Waals surface area contributed by atoms with Gasteiger partial charge in [0.2, 0.25) is 0 Å². The van der Waals surface area contributed by atoms with E-state index in [1.54, 1.807) is 61.4 Å². The number of carbonyl (C=O) groups excluding carboxylic acids is 3. The lowest BCUT2D eigenvalue weighted by atomic mass is 9.94. The highest BCUT2D eigenvalue weighted by Crippen LogP contribution is 2.33. The Kier molecular flexibility index (Phi) is 8.77. The maximum absolute atomic E-state index is 12.9. The molecule has 36 heavy (non-hydrogen) atoms. The Bertz CT molecular complexity index is 1160. The number of esters is 1. The molecule has 1 atom stereocenters. The summed E-state index contributed by atoms with van der Waals surface area (Å²) in [6, 6.07) is 10.5. The second kappa shape index (κ2) is 12.0. The molecule has 0 fully saturated rings. The lowest BCUT2D eigenvalue weighted by Crippen LogP contribution is -2.48. The Balaban J connectivity index is 1.84. The highest BCUT2D eigenvalue weighted by Gasteiger charge is 2.36. The first kappa shape index (κ1) is 26.4. The molecule has 0 saturated carbocycles. The Hall–Kier alpha value is -4.21. The number of rotatable bonds is 9. The van der Waals surface area contributed by atoms with Gasteiger partial charge in [0.1, 0.15) is 11.5 Å². The number of methoxy groups -OCH3 is 3. The number of nitrogens with zero attached hydrogens (tertiary/aromatic N) is 1. The van der Waals surface area contributed by atoms with E-state index in [2.05, 4.69) is 16.0 Å². The minimum Gasteiger partial charge on any atom is -0.497 e. The van der Waals surface area contributed by atoms with Crippen molar-refractivity contribution in [1.29, 1.82) is 0 Å². The summed E-state index contributed by atoms with van der Waals surface area (Å²) < 4.78 is 15.5. The van der Waals surface area contributed by atoms with Gasteiger partial charge < -0.3 is 30.2 Å². The van der Waals surface area contributed by atoms with Crippen molar-refractivity contribution in [3.8, 4) is 11.5 Å². The van der Waals surface area contributed by atoms with Gasteiger partial charge in [-0.15, -0.1) is 0 Å². The van der Waals surface area contributed by atoms with Gasteiger partial charge in [-0.25, -0.2) is 14.4 Å². The zero-order chi connectivity index (χ0) is 26.2. The molecule has 2 aromatic carbocycles. The van der Waals surface area contributed by atoms with Crippen molar-refractivity contribution in [2.75, 3.05) is 38.5 Å². The van der Waals surface area contributed by atoms with Crippen LogP contribution in [0.1, 0.15) is 38.3 Å². The van der Waals surface area contributed by atoms with E-state index in [1.807, 2.05) is 6.92 Å². The van der Waals surface area contributed by atoms with E-state index in [0.717, 1.165) is 12.8 Å². The van der Waals surface area contributed by atoms with Gasteiger partial charge in [0.15, 0.2) is 0 Å². The summed E-state index contributed by atoms with van der Waals surface area (Å²) in [5.41, 5.74) is 2.45. The number of benzene rings is 2. The van der Waals surface area contributed by atoms with E-state index in [-0.39, 0.29) is 6.03 Å². The molecule has 192 valence electrons. The molecule has 1 aliphatic rings. The smallest absolute Gasteiger partial charge is 0.337 e. The minimum atomic E-state index is -0.727. The second-order valence-electron chi connectivity index (χ2n) is 8.15. The predicted molar refractivity (Wildman–Crippen MR) is 136 cm³/mol. The van der Waals surface area contributed by atoms with Crippen molar-refractivity contribution in [2.24, 2.45) is 0 Å². The molecule has 2 aromatic rings. The third kappa shape index (κ3) is 5.88. The van der Waals surface area contributed by atoms with Crippen molar-refractivity contribution >= 4 is 29.4 Å². The molecule has 0 spiro atoms. The number of nitrogens with one attached hydrogen (secondary N) is 3. The van der Waals surface area contributed by atoms with Gasteiger partial charge in [-0.05, 0) is 43.2 Å². The summed E-state index contributed by atoms with van der Waals surface area (Å²) in [5.74, 6) is 0.513. The molecule has 1 aliphatic heterocycles. The number of hydrogen-bond acceptors (Lipinski definition) is 6. The third-order valence-electron chi connectivity index (χ3n) is 5.87. The van der Waals surface area contributed by atoms with E-state index in [1.165, 1.54) is 14.2 Å². The first-order valence-electron chi connectivity index (χ1n) is 11.6. The van der Waals surface area contributed by atoms with E-state index in [0.29, 0.717) is 46.3 Å². The molecule has 3 N–H and O–H groups in total. The number of unbranched alkanes of at least 4 members (excludes halogenated alkanes) is 1.